The van der Waals surface area contributed by atoms with Gasteiger partial charge in [-0.25, -0.2) is 0 Å². The van der Waals surface area contributed by atoms with Crippen LogP contribution < -0.4 is 10.6 Å². The molecule has 1 aliphatic heterocycles. The van der Waals surface area contributed by atoms with E-state index in [9.17, 15) is 0 Å². The van der Waals surface area contributed by atoms with Gasteiger partial charge in [-0.3, -0.25) is 4.99 Å². The number of piperidine rings is 1. The molecule has 5 heteroatoms. The van der Waals surface area contributed by atoms with Gasteiger partial charge in [-0.15, -0.1) is 0 Å². The molecule has 0 aliphatic carbocycles. The molecule has 0 bridgehead atoms. The Balaban J connectivity index is 1.65. The highest BCUT2D eigenvalue weighted by Gasteiger charge is 2.17. The molecule has 2 rings (SSSR count). The van der Waals surface area contributed by atoms with Gasteiger partial charge >= 0.3 is 0 Å². The van der Waals surface area contributed by atoms with Gasteiger partial charge in [-0.05, 0) is 62.5 Å². The molecule has 0 spiro atoms. The van der Waals surface area contributed by atoms with Crippen molar-refractivity contribution in [2.75, 3.05) is 33.2 Å². The highest BCUT2D eigenvalue weighted by Crippen LogP contribution is 2.19. The van der Waals surface area contributed by atoms with Crippen LogP contribution in [-0.4, -0.2) is 44.1 Å². The van der Waals surface area contributed by atoms with Crippen molar-refractivity contribution in [2.24, 2.45) is 10.9 Å². The van der Waals surface area contributed by atoms with Gasteiger partial charge in [-0.1, -0.05) is 30.7 Å². The molecule has 1 saturated heterocycles. The van der Waals surface area contributed by atoms with Crippen molar-refractivity contribution in [3.63, 3.8) is 0 Å². The van der Waals surface area contributed by atoms with E-state index in [-0.39, 0.29) is 0 Å². The second kappa shape index (κ2) is 9.78. The minimum Gasteiger partial charge on any atom is -0.356 e. The van der Waals surface area contributed by atoms with E-state index in [1.165, 1.54) is 38.9 Å². The normalized spacial score (nSPS) is 17.3. The molecule has 0 aromatic heterocycles. The zero-order valence-electron chi connectivity index (χ0n) is 14.3. The van der Waals surface area contributed by atoms with Crippen molar-refractivity contribution >= 4 is 17.6 Å². The van der Waals surface area contributed by atoms with Crippen LogP contribution in [0.3, 0.4) is 0 Å². The first kappa shape index (κ1) is 18.1. The van der Waals surface area contributed by atoms with Crippen LogP contribution in [-0.2, 0) is 6.54 Å². The summed E-state index contributed by atoms with van der Waals surface area (Å²) >= 11 is 6.01. The highest BCUT2D eigenvalue weighted by atomic mass is 35.5. The first-order valence-electron chi connectivity index (χ1n) is 8.62. The maximum Gasteiger partial charge on any atom is 0.191 e. The molecule has 1 heterocycles. The lowest BCUT2D eigenvalue weighted by atomic mass is 9.93. The van der Waals surface area contributed by atoms with Crippen LogP contribution in [0.4, 0.5) is 0 Å². The van der Waals surface area contributed by atoms with Crippen LogP contribution in [0.25, 0.3) is 0 Å². The van der Waals surface area contributed by atoms with Crippen molar-refractivity contribution in [3.8, 4) is 0 Å². The van der Waals surface area contributed by atoms with Crippen molar-refractivity contribution in [2.45, 2.75) is 32.7 Å². The third kappa shape index (κ3) is 6.40. The molecular formula is C18H29ClN4. The summed E-state index contributed by atoms with van der Waals surface area (Å²) in [5, 5.41) is 7.53. The summed E-state index contributed by atoms with van der Waals surface area (Å²) < 4.78 is 0. The first-order chi connectivity index (χ1) is 11.2. The van der Waals surface area contributed by atoms with Gasteiger partial charge in [0.1, 0.15) is 0 Å². The maximum absolute atomic E-state index is 6.01. The molecule has 0 saturated carbocycles. The number of likely N-dealkylation sites (tertiary alicyclic amines) is 1. The fourth-order valence-electron chi connectivity index (χ4n) is 3.04. The largest absolute Gasteiger partial charge is 0.356 e. The number of guanidine groups is 1. The van der Waals surface area contributed by atoms with E-state index in [2.05, 4.69) is 33.5 Å². The number of hydrogen-bond donors (Lipinski definition) is 2. The smallest absolute Gasteiger partial charge is 0.191 e. The molecule has 1 fully saturated rings. The maximum atomic E-state index is 6.01. The predicted octanol–water partition coefficient (Wildman–Crippen LogP) is 3.13. The summed E-state index contributed by atoms with van der Waals surface area (Å²) in [4.78, 5) is 6.82. The third-order valence-electron chi connectivity index (χ3n) is 4.57. The second-order valence-corrected chi connectivity index (χ2v) is 6.59. The van der Waals surface area contributed by atoms with Crippen LogP contribution >= 0.6 is 11.6 Å². The Labute approximate surface area is 145 Å². The lowest BCUT2D eigenvalue weighted by molar-refractivity contribution is 0.187. The molecule has 1 aliphatic rings. The minimum absolute atomic E-state index is 0.731. The average molecular weight is 337 g/mol. The molecule has 23 heavy (non-hydrogen) atoms. The van der Waals surface area contributed by atoms with E-state index >= 15 is 0 Å². The van der Waals surface area contributed by atoms with E-state index in [1.54, 1.807) is 0 Å². The number of nitrogens with one attached hydrogen (secondary N) is 2. The zero-order valence-corrected chi connectivity index (χ0v) is 15.1. The van der Waals surface area contributed by atoms with E-state index in [0.29, 0.717) is 0 Å². The van der Waals surface area contributed by atoms with Crippen LogP contribution in [0.5, 0.6) is 0 Å². The lowest BCUT2D eigenvalue weighted by Gasteiger charge is -2.31. The van der Waals surface area contributed by atoms with E-state index in [1.807, 2.05) is 25.2 Å². The molecule has 0 unspecified atom stereocenters. The summed E-state index contributed by atoms with van der Waals surface area (Å²) in [6.45, 7) is 7.65. The lowest BCUT2D eigenvalue weighted by Crippen LogP contribution is -2.39. The molecule has 2 N–H and O–H groups in total. The molecule has 4 nitrogen and oxygen atoms in total. The van der Waals surface area contributed by atoms with Gasteiger partial charge in [0.25, 0.3) is 0 Å². The van der Waals surface area contributed by atoms with E-state index < -0.39 is 0 Å². The third-order valence-corrected chi connectivity index (χ3v) is 4.81. The molecule has 1 aromatic carbocycles. The Morgan fingerprint density at radius 1 is 1.30 bits per heavy atom. The number of benzene rings is 1. The van der Waals surface area contributed by atoms with Crippen LogP contribution in [0.2, 0.25) is 5.02 Å². The minimum atomic E-state index is 0.731. The van der Waals surface area contributed by atoms with Crippen LogP contribution in [0.1, 0.15) is 31.7 Å². The van der Waals surface area contributed by atoms with Gasteiger partial charge in [0, 0.05) is 25.2 Å². The summed E-state index contributed by atoms with van der Waals surface area (Å²) in [6.07, 6.45) is 3.86. The quantitative estimate of drug-likeness (QED) is 0.619. The highest BCUT2D eigenvalue weighted by molar-refractivity contribution is 6.30. The van der Waals surface area contributed by atoms with Crippen molar-refractivity contribution in [1.82, 2.24) is 15.5 Å². The second-order valence-electron chi connectivity index (χ2n) is 6.15. The Morgan fingerprint density at radius 2 is 2.09 bits per heavy atom. The van der Waals surface area contributed by atoms with Crippen LogP contribution in [0, 0.1) is 5.92 Å². The summed E-state index contributed by atoms with van der Waals surface area (Å²) in [5.74, 6) is 1.70. The molecule has 128 valence electrons. The topological polar surface area (TPSA) is 39.7 Å². The fraction of sp³-hybridized carbons (Fsp3) is 0.611. The Kier molecular flexibility index (Phi) is 7.69. The number of halogens is 1. The molecule has 1 aromatic rings. The Bertz CT molecular complexity index is 496. The predicted molar refractivity (Wildman–Crippen MR) is 99.1 cm³/mol. The van der Waals surface area contributed by atoms with Crippen molar-refractivity contribution < 1.29 is 0 Å². The van der Waals surface area contributed by atoms with E-state index in [0.717, 1.165) is 35.6 Å². The van der Waals surface area contributed by atoms with Crippen molar-refractivity contribution in [1.29, 1.82) is 0 Å². The molecule has 0 atom stereocenters. The zero-order chi connectivity index (χ0) is 16.5. The summed E-state index contributed by atoms with van der Waals surface area (Å²) in [6, 6.07) is 7.90. The van der Waals surface area contributed by atoms with E-state index in [4.69, 9.17) is 11.6 Å². The monoisotopic (exact) mass is 336 g/mol. The number of nitrogens with zero attached hydrogens (tertiary/aromatic N) is 2. The fourth-order valence-corrected chi connectivity index (χ4v) is 3.25. The standard InChI is InChI=1S/C18H29ClN4/c1-3-23-11-8-15(9-12-23)7-10-21-18(20-2)22-14-16-5-4-6-17(19)13-16/h4-6,13,15H,3,7-12,14H2,1-2H3,(H2,20,21,22). The average Bonchev–Trinajstić information content (AvgIpc) is 2.58. The molecular weight excluding hydrogens is 308 g/mol. The molecule has 0 radical (unpaired) electrons. The van der Waals surface area contributed by atoms with Gasteiger partial charge in [0.15, 0.2) is 5.96 Å². The summed E-state index contributed by atoms with van der Waals surface area (Å²) in [7, 11) is 1.81. The number of aliphatic imine (C=N–C) groups is 1. The molecule has 0 amide bonds. The van der Waals surface area contributed by atoms with Gasteiger partial charge < -0.3 is 15.5 Å². The Hall–Kier alpha value is -1.26. The number of hydrogen-bond acceptors (Lipinski definition) is 2. The summed E-state index contributed by atoms with van der Waals surface area (Å²) in [5.41, 5.74) is 1.16. The van der Waals surface area contributed by atoms with Gasteiger partial charge in [-0.2, -0.15) is 0 Å². The van der Waals surface area contributed by atoms with Gasteiger partial charge in [0.2, 0.25) is 0 Å². The van der Waals surface area contributed by atoms with Crippen molar-refractivity contribution in [3.05, 3.63) is 34.9 Å². The van der Waals surface area contributed by atoms with Crippen LogP contribution in [0.15, 0.2) is 29.3 Å². The SMILES string of the molecule is CCN1CCC(CCNC(=NC)NCc2cccc(Cl)c2)CC1. The number of rotatable bonds is 6. The Morgan fingerprint density at radius 3 is 2.74 bits per heavy atom. The first-order valence-corrected chi connectivity index (χ1v) is 9.00. The van der Waals surface area contributed by atoms with Gasteiger partial charge in [0.05, 0.1) is 0 Å².